The predicted molar refractivity (Wildman–Crippen MR) is 79.7 cm³/mol. The molecule has 21 heavy (non-hydrogen) atoms. The molecule has 0 aromatic heterocycles. The highest BCUT2D eigenvalue weighted by molar-refractivity contribution is 6.33. The lowest BCUT2D eigenvalue weighted by Gasteiger charge is -2.33. The Morgan fingerprint density at radius 3 is 2.95 bits per heavy atom. The van der Waals surface area contributed by atoms with Gasteiger partial charge in [-0.1, -0.05) is 11.6 Å². The van der Waals surface area contributed by atoms with E-state index in [0.29, 0.717) is 18.2 Å². The third kappa shape index (κ3) is 3.64. The summed E-state index contributed by atoms with van der Waals surface area (Å²) < 4.78 is 5.06. The molecule has 114 valence electrons. The van der Waals surface area contributed by atoms with Gasteiger partial charge in [0.25, 0.3) is 5.69 Å². The van der Waals surface area contributed by atoms with Crippen molar-refractivity contribution in [3.05, 3.63) is 33.3 Å². The van der Waals surface area contributed by atoms with Crippen LogP contribution in [0.25, 0.3) is 0 Å². The van der Waals surface area contributed by atoms with Crippen LogP contribution >= 0.6 is 11.6 Å². The van der Waals surface area contributed by atoms with Gasteiger partial charge in [-0.15, -0.1) is 0 Å². The van der Waals surface area contributed by atoms with E-state index in [9.17, 15) is 14.9 Å². The first-order valence-corrected chi connectivity index (χ1v) is 7.26. The zero-order valence-electron chi connectivity index (χ0n) is 11.8. The van der Waals surface area contributed by atoms with Crippen LogP contribution in [-0.2, 0) is 9.53 Å². The van der Waals surface area contributed by atoms with Crippen LogP contribution in [-0.4, -0.2) is 30.6 Å². The number of non-ortho nitro benzene ring substituents is 1. The molecule has 0 unspecified atom stereocenters. The molecule has 0 bridgehead atoms. The Morgan fingerprint density at radius 1 is 1.57 bits per heavy atom. The molecule has 1 aromatic carbocycles. The maximum absolute atomic E-state index is 11.8. The van der Waals surface area contributed by atoms with E-state index in [4.69, 9.17) is 16.3 Å². The van der Waals surface area contributed by atoms with Crippen LogP contribution in [0.5, 0.6) is 0 Å². The third-order valence-electron chi connectivity index (χ3n) is 3.52. The van der Waals surface area contributed by atoms with E-state index in [-0.39, 0.29) is 17.6 Å². The summed E-state index contributed by atoms with van der Waals surface area (Å²) in [6.45, 7) is 3.45. The number of ether oxygens (including phenoxy) is 1. The molecule has 1 fully saturated rings. The minimum Gasteiger partial charge on any atom is -0.466 e. The molecule has 1 aromatic rings. The molecule has 0 N–H and O–H groups in total. The zero-order chi connectivity index (χ0) is 15.4. The number of piperidine rings is 1. The molecular formula is C14H17ClN2O4. The number of carbonyl (C=O) groups is 1. The van der Waals surface area contributed by atoms with E-state index >= 15 is 0 Å². The van der Waals surface area contributed by atoms with Crippen molar-refractivity contribution in [2.24, 2.45) is 5.92 Å². The van der Waals surface area contributed by atoms with Gasteiger partial charge in [0.05, 0.1) is 28.2 Å². The summed E-state index contributed by atoms with van der Waals surface area (Å²) in [4.78, 5) is 24.1. The molecule has 1 heterocycles. The van der Waals surface area contributed by atoms with Crippen molar-refractivity contribution in [3.8, 4) is 0 Å². The van der Waals surface area contributed by atoms with Gasteiger partial charge in [0, 0.05) is 25.2 Å². The minimum absolute atomic E-state index is 0.0392. The highest BCUT2D eigenvalue weighted by Gasteiger charge is 2.28. The van der Waals surface area contributed by atoms with Gasteiger partial charge in [-0.05, 0) is 25.8 Å². The first-order chi connectivity index (χ1) is 10.0. The largest absolute Gasteiger partial charge is 0.466 e. The smallest absolute Gasteiger partial charge is 0.310 e. The molecule has 7 heteroatoms. The summed E-state index contributed by atoms with van der Waals surface area (Å²) in [5, 5.41) is 11.1. The number of nitro benzene ring substituents is 1. The number of halogens is 1. The van der Waals surface area contributed by atoms with E-state index in [1.54, 1.807) is 13.0 Å². The standard InChI is InChI=1S/C14H17ClN2O4/c1-2-21-14(18)10-4-3-7-16(9-10)13-6-5-11(17(19)20)8-12(13)15/h5-6,8,10H,2-4,7,9H2,1H3/t10-/m1/s1. The van der Waals surface area contributed by atoms with Crippen molar-refractivity contribution in [1.29, 1.82) is 0 Å². The molecule has 0 radical (unpaired) electrons. The van der Waals surface area contributed by atoms with E-state index in [1.807, 2.05) is 4.90 Å². The second-order valence-corrected chi connectivity index (χ2v) is 5.34. The maximum atomic E-state index is 11.8. The first-order valence-electron chi connectivity index (χ1n) is 6.88. The van der Waals surface area contributed by atoms with E-state index in [1.165, 1.54) is 12.1 Å². The lowest BCUT2D eigenvalue weighted by Crippen LogP contribution is -2.39. The van der Waals surface area contributed by atoms with Gasteiger partial charge in [0.2, 0.25) is 0 Å². The number of benzene rings is 1. The highest BCUT2D eigenvalue weighted by atomic mass is 35.5. The van der Waals surface area contributed by atoms with Gasteiger partial charge in [-0.2, -0.15) is 0 Å². The van der Waals surface area contributed by atoms with Crippen molar-refractivity contribution >= 4 is 28.9 Å². The van der Waals surface area contributed by atoms with Crippen molar-refractivity contribution in [3.63, 3.8) is 0 Å². The Hall–Kier alpha value is -1.82. The van der Waals surface area contributed by atoms with Gasteiger partial charge in [0.15, 0.2) is 0 Å². The maximum Gasteiger partial charge on any atom is 0.310 e. The van der Waals surface area contributed by atoms with E-state index in [2.05, 4.69) is 0 Å². The SMILES string of the molecule is CCOC(=O)[C@@H]1CCCN(c2ccc([N+](=O)[O-])cc2Cl)C1. The molecule has 0 spiro atoms. The van der Waals surface area contributed by atoms with Gasteiger partial charge >= 0.3 is 5.97 Å². The molecule has 1 aliphatic rings. The second kappa shape index (κ2) is 6.76. The van der Waals surface area contributed by atoms with Crippen molar-refractivity contribution in [1.82, 2.24) is 0 Å². The van der Waals surface area contributed by atoms with Crippen LogP contribution in [0.15, 0.2) is 18.2 Å². The number of carbonyl (C=O) groups excluding carboxylic acids is 1. The summed E-state index contributed by atoms with van der Waals surface area (Å²) in [6, 6.07) is 4.40. The molecule has 2 rings (SSSR count). The Bertz CT molecular complexity index is 550. The molecule has 1 saturated heterocycles. The average molecular weight is 313 g/mol. The lowest BCUT2D eigenvalue weighted by molar-refractivity contribution is -0.384. The number of nitrogens with zero attached hydrogens (tertiary/aromatic N) is 2. The molecule has 0 saturated carbocycles. The molecule has 0 aliphatic carbocycles. The average Bonchev–Trinajstić information content (AvgIpc) is 2.47. The van der Waals surface area contributed by atoms with Gasteiger partial charge < -0.3 is 9.64 Å². The summed E-state index contributed by atoms with van der Waals surface area (Å²) in [5.74, 6) is -0.370. The van der Waals surface area contributed by atoms with Crippen LogP contribution in [0.2, 0.25) is 5.02 Å². The Kier molecular flexibility index (Phi) is 5.01. The first kappa shape index (κ1) is 15.6. The lowest BCUT2D eigenvalue weighted by atomic mass is 9.97. The van der Waals surface area contributed by atoms with Crippen LogP contribution in [0, 0.1) is 16.0 Å². The number of hydrogen-bond acceptors (Lipinski definition) is 5. The summed E-state index contributed by atoms with van der Waals surface area (Å²) in [6.07, 6.45) is 1.65. The topological polar surface area (TPSA) is 72.7 Å². The van der Waals surface area contributed by atoms with Crippen molar-refractivity contribution < 1.29 is 14.5 Å². The van der Waals surface area contributed by atoms with Crippen LogP contribution < -0.4 is 4.90 Å². The predicted octanol–water partition coefficient (Wildman–Crippen LogP) is 3.03. The molecule has 0 amide bonds. The molecular weight excluding hydrogens is 296 g/mol. The molecule has 6 nitrogen and oxygen atoms in total. The van der Waals surface area contributed by atoms with Crippen molar-refractivity contribution in [2.75, 3.05) is 24.6 Å². The Labute approximate surface area is 127 Å². The fourth-order valence-corrected chi connectivity index (χ4v) is 2.81. The fraction of sp³-hybridized carbons (Fsp3) is 0.500. The zero-order valence-corrected chi connectivity index (χ0v) is 12.5. The normalized spacial score (nSPS) is 18.4. The molecule has 1 aliphatic heterocycles. The number of rotatable bonds is 4. The summed E-state index contributed by atoms with van der Waals surface area (Å²) in [7, 11) is 0. The van der Waals surface area contributed by atoms with Crippen LogP contribution in [0.3, 0.4) is 0 Å². The van der Waals surface area contributed by atoms with Crippen LogP contribution in [0.4, 0.5) is 11.4 Å². The Morgan fingerprint density at radius 2 is 2.33 bits per heavy atom. The van der Waals surface area contributed by atoms with Gasteiger partial charge in [-0.25, -0.2) is 0 Å². The number of nitro groups is 1. The quantitative estimate of drug-likeness (QED) is 0.485. The Balaban J connectivity index is 2.14. The van der Waals surface area contributed by atoms with E-state index < -0.39 is 4.92 Å². The van der Waals surface area contributed by atoms with Crippen LogP contribution in [0.1, 0.15) is 19.8 Å². The third-order valence-corrected chi connectivity index (χ3v) is 3.83. The number of anilines is 1. The number of esters is 1. The summed E-state index contributed by atoms with van der Waals surface area (Å²) in [5.41, 5.74) is 0.680. The highest BCUT2D eigenvalue weighted by Crippen LogP contribution is 2.32. The fourth-order valence-electron chi connectivity index (χ4n) is 2.51. The number of hydrogen-bond donors (Lipinski definition) is 0. The monoisotopic (exact) mass is 312 g/mol. The minimum atomic E-state index is -0.479. The van der Waals surface area contributed by atoms with Gasteiger partial charge in [-0.3, -0.25) is 14.9 Å². The molecule has 1 atom stereocenters. The van der Waals surface area contributed by atoms with Gasteiger partial charge in [0.1, 0.15) is 0 Å². The summed E-state index contributed by atoms with van der Waals surface area (Å²) >= 11 is 6.13. The second-order valence-electron chi connectivity index (χ2n) is 4.93. The van der Waals surface area contributed by atoms with E-state index in [0.717, 1.165) is 25.1 Å². The van der Waals surface area contributed by atoms with Crippen molar-refractivity contribution in [2.45, 2.75) is 19.8 Å².